The number of carbonyl (C=O) groups is 1. The van der Waals surface area contributed by atoms with Crippen LogP contribution in [0, 0.1) is 0 Å². The number of hydrogen-bond acceptors (Lipinski definition) is 3. The van der Waals surface area contributed by atoms with E-state index in [9.17, 15) is 4.79 Å². The highest BCUT2D eigenvalue weighted by Crippen LogP contribution is 2.26. The third-order valence-electron chi connectivity index (χ3n) is 1.75. The highest BCUT2D eigenvalue weighted by molar-refractivity contribution is 8.41. The first-order chi connectivity index (χ1) is 6.86. The summed E-state index contributed by atoms with van der Waals surface area (Å²) < 4.78 is 0.902. The van der Waals surface area contributed by atoms with Crippen molar-refractivity contribution in [2.75, 3.05) is 11.5 Å². The summed E-state index contributed by atoms with van der Waals surface area (Å²) in [7, 11) is 0. The zero-order valence-electron chi connectivity index (χ0n) is 7.47. The topological polar surface area (TPSA) is 29.4 Å². The van der Waals surface area contributed by atoms with Crippen molar-refractivity contribution in [1.82, 2.24) is 0 Å². The molecule has 0 unspecified atom stereocenters. The van der Waals surface area contributed by atoms with Gasteiger partial charge in [0, 0.05) is 17.1 Å². The molecule has 2 nitrogen and oxygen atoms in total. The summed E-state index contributed by atoms with van der Waals surface area (Å²) in [4.78, 5) is 15.6. The zero-order chi connectivity index (χ0) is 9.80. The van der Waals surface area contributed by atoms with E-state index in [0.717, 1.165) is 15.9 Å². The molecular formula is C10H9NOS2. The molecule has 0 bridgehead atoms. The standard InChI is InChI=1S/C10H9NOS2/c12-9(8-4-2-1-3-5-8)11-10-13-6-7-14-10/h1-5H,6-7H2. The van der Waals surface area contributed by atoms with Crippen molar-refractivity contribution in [3.05, 3.63) is 35.9 Å². The minimum Gasteiger partial charge on any atom is -0.267 e. The molecule has 72 valence electrons. The van der Waals surface area contributed by atoms with Crippen LogP contribution in [0.2, 0.25) is 0 Å². The van der Waals surface area contributed by atoms with Gasteiger partial charge in [-0.1, -0.05) is 41.7 Å². The average molecular weight is 223 g/mol. The van der Waals surface area contributed by atoms with Crippen molar-refractivity contribution in [3.63, 3.8) is 0 Å². The SMILES string of the molecule is O=C(N=C1SCCS1)c1ccccc1. The molecule has 14 heavy (non-hydrogen) atoms. The van der Waals surface area contributed by atoms with E-state index in [-0.39, 0.29) is 5.91 Å². The predicted molar refractivity (Wildman–Crippen MR) is 63.1 cm³/mol. The molecule has 1 heterocycles. The van der Waals surface area contributed by atoms with E-state index >= 15 is 0 Å². The summed E-state index contributed by atoms with van der Waals surface area (Å²) in [5, 5.41) is 0. The van der Waals surface area contributed by atoms with Gasteiger partial charge >= 0.3 is 0 Å². The summed E-state index contributed by atoms with van der Waals surface area (Å²) >= 11 is 3.31. The number of aliphatic imine (C=N–C) groups is 1. The molecule has 0 aromatic heterocycles. The summed E-state index contributed by atoms with van der Waals surface area (Å²) in [5.41, 5.74) is 0.660. The Morgan fingerprint density at radius 1 is 1.14 bits per heavy atom. The smallest absolute Gasteiger partial charge is 0.267 e. The Kier molecular flexibility index (Phi) is 3.26. The van der Waals surface area contributed by atoms with Crippen molar-refractivity contribution >= 4 is 33.8 Å². The normalized spacial score (nSPS) is 15.6. The van der Waals surface area contributed by atoms with E-state index < -0.39 is 0 Å². The van der Waals surface area contributed by atoms with Crippen molar-refractivity contribution in [2.24, 2.45) is 4.99 Å². The Morgan fingerprint density at radius 3 is 2.43 bits per heavy atom. The van der Waals surface area contributed by atoms with Gasteiger partial charge in [0.05, 0.1) is 0 Å². The van der Waals surface area contributed by atoms with Gasteiger partial charge in [-0.2, -0.15) is 4.99 Å². The molecule has 1 aliphatic rings. The molecule has 1 amide bonds. The van der Waals surface area contributed by atoms with Crippen LogP contribution in [0.4, 0.5) is 0 Å². The largest absolute Gasteiger partial charge is 0.278 e. The maximum absolute atomic E-state index is 11.6. The molecule has 0 N–H and O–H groups in total. The second-order valence-corrected chi connectivity index (χ2v) is 5.17. The Bertz CT molecular complexity index is 354. The van der Waals surface area contributed by atoms with Crippen LogP contribution >= 0.6 is 23.5 Å². The van der Waals surface area contributed by atoms with Crippen molar-refractivity contribution in [1.29, 1.82) is 0 Å². The van der Waals surface area contributed by atoms with Gasteiger partial charge in [-0.05, 0) is 12.1 Å². The first kappa shape index (κ1) is 9.80. The van der Waals surface area contributed by atoms with Crippen LogP contribution < -0.4 is 0 Å². The lowest BCUT2D eigenvalue weighted by Gasteiger charge is -1.95. The number of nitrogens with zero attached hydrogens (tertiary/aromatic N) is 1. The Balaban J connectivity index is 2.13. The molecule has 1 aromatic carbocycles. The first-order valence-corrected chi connectivity index (χ1v) is 6.27. The number of hydrogen-bond donors (Lipinski definition) is 0. The summed E-state index contributed by atoms with van der Waals surface area (Å²) in [6.07, 6.45) is 0. The van der Waals surface area contributed by atoms with Crippen LogP contribution in [-0.4, -0.2) is 21.8 Å². The number of thioether (sulfide) groups is 2. The van der Waals surface area contributed by atoms with Crippen LogP contribution in [0.1, 0.15) is 10.4 Å². The third-order valence-corrected chi connectivity index (χ3v) is 4.21. The maximum atomic E-state index is 11.6. The van der Waals surface area contributed by atoms with E-state index in [1.165, 1.54) is 0 Å². The summed E-state index contributed by atoms with van der Waals surface area (Å²) in [6.45, 7) is 0. The molecule has 1 saturated heterocycles. The monoisotopic (exact) mass is 223 g/mol. The summed E-state index contributed by atoms with van der Waals surface area (Å²) in [5.74, 6) is 1.99. The van der Waals surface area contributed by atoms with Crippen molar-refractivity contribution < 1.29 is 4.79 Å². The van der Waals surface area contributed by atoms with Crippen LogP contribution in [0.5, 0.6) is 0 Å². The first-order valence-electron chi connectivity index (χ1n) is 4.30. The molecule has 0 radical (unpaired) electrons. The Labute approximate surface area is 91.2 Å². The molecule has 4 heteroatoms. The van der Waals surface area contributed by atoms with E-state index in [4.69, 9.17) is 0 Å². The second-order valence-electron chi connectivity index (χ2n) is 2.75. The van der Waals surface area contributed by atoms with Gasteiger partial charge in [0.1, 0.15) is 4.38 Å². The predicted octanol–water partition coefficient (Wildman–Crippen LogP) is 2.66. The van der Waals surface area contributed by atoms with Crippen molar-refractivity contribution in [2.45, 2.75) is 0 Å². The lowest BCUT2D eigenvalue weighted by atomic mass is 10.2. The van der Waals surface area contributed by atoms with Crippen LogP contribution in [0.25, 0.3) is 0 Å². The van der Waals surface area contributed by atoms with Crippen LogP contribution in [0.3, 0.4) is 0 Å². The van der Waals surface area contributed by atoms with Gasteiger partial charge in [0.15, 0.2) is 0 Å². The van der Waals surface area contributed by atoms with Crippen LogP contribution in [-0.2, 0) is 0 Å². The fourth-order valence-corrected chi connectivity index (χ4v) is 3.24. The van der Waals surface area contributed by atoms with E-state index in [0.29, 0.717) is 5.56 Å². The highest BCUT2D eigenvalue weighted by atomic mass is 32.2. The lowest BCUT2D eigenvalue weighted by molar-refractivity contribution is 0.100. The van der Waals surface area contributed by atoms with Gasteiger partial charge in [-0.3, -0.25) is 4.79 Å². The fourth-order valence-electron chi connectivity index (χ4n) is 1.09. The van der Waals surface area contributed by atoms with E-state index in [1.807, 2.05) is 18.2 Å². The van der Waals surface area contributed by atoms with Gasteiger partial charge in [-0.25, -0.2) is 0 Å². The number of rotatable bonds is 1. The number of benzene rings is 1. The zero-order valence-corrected chi connectivity index (χ0v) is 9.11. The Morgan fingerprint density at radius 2 is 1.79 bits per heavy atom. The molecule has 2 rings (SSSR count). The molecule has 0 spiro atoms. The molecule has 0 aliphatic carbocycles. The quantitative estimate of drug-likeness (QED) is 0.733. The second kappa shape index (κ2) is 4.66. The van der Waals surface area contributed by atoms with Gasteiger partial charge in [0.2, 0.25) is 0 Å². The van der Waals surface area contributed by atoms with Gasteiger partial charge in [0.25, 0.3) is 5.91 Å². The average Bonchev–Trinajstić information content (AvgIpc) is 2.72. The van der Waals surface area contributed by atoms with Gasteiger partial charge in [-0.15, -0.1) is 0 Å². The molecule has 1 aliphatic heterocycles. The van der Waals surface area contributed by atoms with E-state index in [2.05, 4.69) is 4.99 Å². The van der Waals surface area contributed by atoms with Gasteiger partial charge < -0.3 is 0 Å². The minimum absolute atomic E-state index is 0.137. The third kappa shape index (κ3) is 2.39. The Hall–Kier alpha value is -0.740. The number of carbonyl (C=O) groups excluding carboxylic acids is 1. The van der Waals surface area contributed by atoms with Crippen LogP contribution in [0.15, 0.2) is 35.3 Å². The summed E-state index contributed by atoms with van der Waals surface area (Å²) in [6, 6.07) is 9.17. The molecule has 1 aromatic rings. The minimum atomic E-state index is -0.137. The maximum Gasteiger partial charge on any atom is 0.278 e. The molecule has 0 saturated carbocycles. The van der Waals surface area contributed by atoms with E-state index in [1.54, 1.807) is 35.7 Å². The molecule has 0 atom stereocenters. The van der Waals surface area contributed by atoms with Crippen molar-refractivity contribution in [3.8, 4) is 0 Å². The number of amides is 1. The lowest BCUT2D eigenvalue weighted by Crippen LogP contribution is -1.96. The molecular weight excluding hydrogens is 214 g/mol. The molecule has 1 fully saturated rings. The highest BCUT2D eigenvalue weighted by Gasteiger charge is 2.12. The fraction of sp³-hybridized carbons (Fsp3) is 0.200.